The molecule has 22 heavy (non-hydrogen) atoms. The molecule has 1 aliphatic rings. The van der Waals surface area contributed by atoms with Gasteiger partial charge in [-0.1, -0.05) is 5.11 Å². The van der Waals surface area contributed by atoms with Crippen LogP contribution in [0.25, 0.3) is 10.4 Å². The highest BCUT2D eigenvalue weighted by Crippen LogP contribution is 2.25. The molecule has 1 aliphatic heterocycles. The van der Waals surface area contributed by atoms with E-state index in [9.17, 15) is 17.8 Å². The average molecular weight is 330 g/mol. The number of anilines is 1. The van der Waals surface area contributed by atoms with E-state index in [0.717, 1.165) is 6.07 Å². The lowest BCUT2D eigenvalue weighted by Gasteiger charge is -2.14. The Morgan fingerprint density at radius 3 is 2.95 bits per heavy atom. The summed E-state index contributed by atoms with van der Waals surface area (Å²) in [6.45, 7) is -0.711. The number of benzene rings is 1. The molecule has 0 saturated carbocycles. The number of ether oxygens (including phenoxy) is 1. The topological polar surface area (TPSA) is 95.4 Å². The maximum atomic E-state index is 13.9. The van der Waals surface area contributed by atoms with E-state index in [1.54, 1.807) is 0 Å². The molecule has 1 amide bonds. The SMILES string of the molecule is [N-]=[N+]=NC[C@H]1CN(c2ccc(S(=O)CCF)c(F)c2)C(=O)O1. The number of amides is 1. The molecule has 1 saturated heterocycles. The minimum Gasteiger partial charge on any atom is -0.444 e. The minimum absolute atomic E-state index is 0.0141. The van der Waals surface area contributed by atoms with Gasteiger partial charge in [0.1, 0.15) is 18.6 Å². The van der Waals surface area contributed by atoms with Crippen LogP contribution in [0.1, 0.15) is 0 Å². The number of rotatable bonds is 6. The number of hydrogen-bond acceptors (Lipinski definition) is 4. The van der Waals surface area contributed by atoms with Gasteiger partial charge in [-0.05, 0) is 23.7 Å². The highest BCUT2D eigenvalue weighted by molar-refractivity contribution is 7.85. The molecule has 2 rings (SSSR count). The Balaban J connectivity index is 2.16. The fourth-order valence-corrected chi connectivity index (χ4v) is 2.83. The lowest BCUT2D eigenvalue weighted by atomic mass is 10.2. The smallest absolute Gasteiger partial charge is 0.414 e. The zero-order chi connectivity index (χ0) is 16.1. The Labute approximate surface area is 126 Å². The quantitative estimate of drug-likeness (QED) is 0.455. The van der Waals surface area contributed by atoms with Gasteiger partial charge in [0.25, 0.3) is 0 Å². The third-order valence-corrected chi connectivity index (χ3v) is 4.30. The predicted molar refractivity (Wildman–Crippen MR) is 75.3 cm³/mol. The molecular weight excluding hydrogens is 318 g/mol. The highest BCUT2D eigenvalue weighted by atomic mass is 32.2. The first-order valence-corrected chi connectivity index (χ1v) is 7.61. The highest BCUT2D eigenvalue weighted by Gasteiger charge is 2.32. The van der Waals surface area contributed by atoms with Gasteiger partial charge < -0.3 is 4.74 Å². The van der Waals surface area contributed by atoms with Crippen molar-refractivity contribution in [3.63, 3.8) is 0 Å². The van der Waals surface area contributed by atoms with Gasteiger partial charge in [0, 0.05) is 4.91 Å². The number of nitrogens with zero attached hydrogens (tertiary/aromatic N) is 4. The van der Waals surface area contributed by atoms with Gasteiger partial charge in [-0.3, -0.25) is 13.5 Å². The molecule has 1 aromatic carbocycles. The van der Waals surface area contributed by atoms with Crippen LogP contribution in [0.4, 0.5) is 19.3 Å². The van der Waals surface area contributed by atoms with Gasteiger partial charge in [-0.25, -0.2) is 9.18 Å². The summed E-state index contributed by atoms with van der Waals surface area (Å²) >= 11 is 0. The molecule has 0 aliphatic carbocycles. The number of azide groups is 1. The van der Waals surface area contributed by atoms with Crippen LogP contribution < -0.4 is 4.90 Å². The molecule has 1 heterocycles. The molecule has 1 unspecified atom stereocenters. The van der Waals surface area contributed by atoms with Crippen molar-refractivity contribution in [2.45, 2.75) is 11.0 Å². The van der Waals surface area contributed by atoms with Crippen molar-refractivity contribution in [3.8, 4) is 0 Å². The van der Waals surface area contributed by atoms with Crippen molar-refractivity contribution in [1.82, 2.24) is 0 Å². The maximum absolute atomic E-state index is 13.9. The van der Waals surface area contributed by atoms with Crippen LogP contribution in [-0.2, 0) is 15.5 Å². The number of hydrogen-bond donors (Lipinski definition) is 0. The standard InChI is InChI=1S/C12H12F2N4O3S/c13-3-4-22(20)11-2-1-8(5-10(11)14)18-7-9(6-16-17-15)21-12(18)19/h1-2,5,9H,3-4,6-7H2/t9-,22?/m0/s1. The summed E-state index contributed by atoms with van der Waals surface area (Å²) in [6, 6.07) is 3.71. The van der Waals surface area contributed by atoms with Crippen LogP contribution in [0.5, 0.6) is 0 Å². The van der Waals surface area contributed by atoms with Gasteiger partial charge in [0.2, 0.25) is 0 Å². The van der Waals surface area contributed by atoms with Gasteiger partial charge >= 0.3 is 6.09 Å². The van der Waals surface area contributed by atoms with E-state index in [1.807, 2.05) is 0 Å². The van der Waals surface area contributed by atoms with Crippen molar-refractivity contribution in [2.75, 3.05) is 30.4 Å². The normalized spacial score (nSPS) is 18.7. The zero-order valence-corrected chi connectivity index (χ0v) is 12.1. The monoisotopic (exact) mass is 330 g/mol. The van der Waals surface area contributed by atoms with E-state index in [0.29, 0.717) is 0 Å². The predicted octanol–water partition coefficient (Wildman–Crippen LogP) is 2.54. The second-order valence-corrected chi connectivity index (χ2v) is 5.92. The fourth-order valence-electron chi connectivity index (χ4n) is 1.98. The number of cyclic esters (lactones) is 1. The van der Waals surface area contributed by atoms with E-state index < -0.39 is 35.5 Å². The number of halogens is 2. The Morgan fingerprint density at radius 1 is 1.55 bits per heavy atom. The summed E-state index contributed by atoms with van der Waals surface area (Å²) in [5, 5.41) is 3.32. The maximum Gasteiger partial charge on any atom is 0.414 e. The number of carbonyl (C=O) groups is 1. The van der Waals surface area contributed by atoms with Crippen LogP contribution in [0, 0.1) is 5.82 Å². The van der Waals surface area contributed by atoms with Crippen LogP contribution in [0.15, 0.2) is 28.2 Å². The summed E-state index contributed by atoms with van der Waals surface area (Å²) in [7, 11) is -1.76. The van der Waals surface area contributed by atoms with Crippen molar-refractivity contribution in [1.29, 1.82) is 0 Å². The molecule has 1 fully saturated rings. The summed E-state index contributed by atoms with van der Waals surface area (Å²) in [5.74, 6) is -1.06. The van der Waals surface area contributed by atoms with Crippen molar-refractivity contribution >= 4 is 22.6 Å². The first-order chi connectivity index (χ1) is 10.6. The summed E-state index contributed by atoms with van der Waals surface area (Å²) in [4.78, 5) is 15.4. The number of carbonyl (C=O) groups excluding carboxylic acids is 1. The van der Waals surface area contributed by atoms with Crippen molar-refractivity contribution < 1.29 is 22.5 Å². The molecule has 0 N–H and O–H groups in total. The van der Waals surface area contributed by atoms with E-state index in [-0.39, 0.29) is 29.4 Å². The van der Waals surface area contributed by atoms with Crippen LogP contribution in [0.2, 0.25) is 0 Å². The number of alkyl halides is 1. The molecule has 10 heteroatoms. The van der Waals surface area contributed by atoms with Crippen molar-refractivity contribution in [2.24, 2.45) is 5.11 Å². The molecule has 0 aromatic heterocycles. The molecule has 2 atom stereocenters. The third-order valence-electron chi connectivity index (χ3n) is 2.96. The van der Waals surface area contributed by atoms with E-state index >= 15 is 0 Å². The molecule has 0 spiro atoms. The average Bonchev–Trinajstić information content (AvgIpc) is 2.86. The minimum atomic E-state index is -1.76. The Kier molecular flexibility index (Phi) is 5.29. The van der Waals surface area contributed by atoms with Gasteiger partial charge in [0.05, 0.1) is 40.2 Å². The third kappa shape index (κ3) is 3.52. The van der Waals surface area contributed by atoms with Crippen molar-refractivity contribution in [3.05, 3.63) is 34.5 Å². The van der Waals surface area contributed by atoms with E-state index in [1.165, 1.54) is 17.0 Å². The lowest BCUT2D eigenvalue weighted by Crippen LogP contribution is -2.25. The van der Waals surface area contributed by atoms with Gasteiger partial charge in [-0.2, -0.15) is 0 Å². The van der Waals surface area contributed by atoms with Crippen LogP contribution in [0.3, 0.4) is 0 Å². The largest absolute Gasteiger partial charge is 0.444 e. The van der Waals surface area contributed by atoms with Crippen LogP contribution in [-0.4, -0.2) is 41.9 Å². The zero-order valence-electron chi connectivity index (χ0n) is 11.3. The summed E-state index contributed by atoms with van der Waals surface area (Å²) in [5.41, 5.74) is 8.47. The first-order valence-electron chi connectivity index (χ1n) is 6.29. The second-order valence-electron chi connectivity index (χ2n) is 4.38. The summed E-state index contributed by atoms with van der Waals surface area (Å²) in [6.07, 6.45) is -1.29. The molecule has 1 aromatic rings. The Bertz CT molecular complexity index is 651. The van der Waals surface area contributed by atoms with E-state index in [4.69, 9.17) is 10.3 Å². The van der Waals surface area contributed by atoms with E-state index in [2.05, 4.69) is 10.0 Å². The lowest BCUT2D eigenvalue weighted by molar-refractivity contribution is 0.145. The van der Waals surface area contributed by atoms with Gasteiger partial charge in [0.15, 0.2) is 0 Å². The molecular formula is C12H12F2N4O3S. The van der Waals surface area contributed by atoms with Crippen LogP contribution >= 0.6 is 0 Å². The molecule has 7 nitrogen and oxygen atoms in total. The molecule has 0 bridgehead atoms. The Morgan fingerprint density at radius 2 is 2.32 bits per heavy atom. The second kappa shape index (κ2) is 7.19. The fraction of sp³-hybridized carbons (Fsp3) is 0.417. The summed E-state index contributed by atoms with van der Waals surface area (Å²) < 4.78 is 42.7. The molecule has 0 radical (unpaired) electrons. The molecule has 118 valence electrons. The Hall–Kier alpha value is -2.19. The first kappa shape index (κ1) is 16.2. The van der Waals surface area contributed by atoms with Gasteiger partial charge in [-0.15, -0.1) is 0 Å².